The Balaban J connectivity index is 1.90. The Morgan fingerprint density at radius 2 is 2.24 bits per heavy atom. The molecule has 1 heterocycles. The number of carbonyl (C=O) groups excluding carboxylic acids is 1. The molecule has 1 aliphatic rings. The standard InChI is InChI=1S/C16H18FNO3/c1-16(15(20)21)8-9-18(11-16)14(19)7-3-5-12-4-2-6-13(17)10-12/h2-6,10H,7-9,11H2,1H3,(H,20,21)/b5-3+. The second kappa shape index (κ2) is 6.08. The smallest absolute Gasteiger partial charge is 0.311 e. The zero-order valence-electron chi connectivity index (χ0n) is 11.9. The number of benzene rings is 1. The van der Waals surface area contributed by atoms with E-state index in [2.05, 4.69) is 0 Å². The summed E-state index contributed by atoms with van der Waals surface area (Å²) in [6.45, 7) is 2.37. The van der Waals surface area contributed by atoms with E-state index in [0.717, 1.165) is 0 Å². The fraction of sp³-hybridized carbons (Fsp3) is 0.375. The number of aliphatic carboxylic acids is 1. The van der Waals surface area contributed by atoms with E-state index < -0.39 is 11.4 Å². The van der Waals surface area contributed by atoms with Gasteiger partial charge in [0.2, 0.25) is 5.91 Å². The normalized spacial score (nSPS) is 21.9. The van der Waals surface area contributed by atoms with Crippen molar-refractivity contribution in [3.05, 3.63) is 41.7 Å². The lowest BCUT2D eigenvalue weighted by molar-refractivity contribution is -0.147. The topological polar surface area (TPSA) is 57.6 Å². The molecule has 0 spiro atoms. The van der Waals surface area contributed by atoms with Gasteiger partial charge in [-0.25, -0.2) is 4.39 Å². The summed E-state index contributed by atoms with van der Waals surface area (Å²) in [6.07, 6.45) is 4.02. The largest absolute Gasteiger partial charge is 0.481 e. The van der Waals surface area contributed by atoms with Gasteiger partial charge in [-0.2, -0.15) is 0 Å². The molecule has 1 fully saturated rings. The van der Waals surface area contributed by atoms with Crippen LogP contribution in [0.5, 0.6) is 0 Å². The maximum atomic E-state index is 13.0. The first-order chi connectivity index (χ1) is 9.90. The summed E-state index contributed by atoms with van der Waals surface area (Å²) in [4.78, 5) is 24.7. The van der Waals surface area contributed by atoms with Gasteiger partial charge in [-0.15, -0.1) is 0 Å². The minimum absolute atomic E-state index is 0.104. The van der Waals surface area contributed by atoms with Crippen molar-refractivity contribution < 1.29 is 19.1 Å². The lowest BCUT2D eigenvalue weighted by atomic mass is 9.90. The van der Waals surface area contributed by atoms with Gasteiger partial charge in [0.1, 0.15) is 5.82 Å². The average molecular weight is 291 g/mol. The van der Waals surface area contributed by atoms with Crippen LogP contribution in [0.2, 0.25) is 0 Å². The molecule has 0 aliphatic carbocycles. The number of likely N-dealkylation sites (tertiary alicyclic amines) is 1. The van der Waals surface area contributed by atoms with Crippen molar-refractivity contribution in [3.63, 3.8) is 0 Å². The number of rotatable bonds is 4. The van der Waals surface area contributed by atoms with E-state index >= 15 is 0 Å². The molecule has 1 unspecified atom stereocenters. The molecule has 1 N–H and O–H groups in total. The number of amides is 1. The quantitative estimate of drug-likeness (QED) is 0.927. The van der Waals surface area contributed by atoms with Crippen LogP contribution in [0.1, 0.15) is 25.3 Å². The van der Waals surface area contributed by atoms with Gasteiger partial charge in [-0.3, -0.25) is 9.59 Å². The zero-order chi connectivity index (χ0) is 15.5. The zero-order valence-corrected chi connectivity index (χ0v) is 11.9. The molecule has 1 aromatic rings. The Bertz CT molecular complexity index is 585. The maximum absolute atomic E-state index is 13.0. The fourth-order valence-electron chi connectivity index (χ4n) is 2.38. The highest BCUT2D eigenvalue weighted by atomic mass is 19.1. The van der Waals surface area contributed by atoms with Crippen molar-refractivity contribution in [2.75, 3.05) is 13.1 Å². The number of carbonyl (C=O) groups is 2. The predicted octanol–water partition coefficient (Wildman–Crippen LogP) is 2.55. The summed E-state index contributed by atoms with van der Waals surface area (Å²) in [7, 11) is 0. The second-order valence-corrected chi connectivity index (χ2v) is 5.59. The third-order valence-electron chi connectivity index (χ3n) is 3.79. The Hall–Kier alpha value is -2.17. The van der Waals surface area contributed by atoms with Crippen molar-refractivity contribution in [2.45, 2.75) is 19.8 Å². The third kappa shape index (κ3) is 3.68. The van der Waals surface area contributed by atoms with Gasteiger partial charge in [-0.1, -0.05) is 24.3 Å². The summed E-state index contributed by atoms with van der Waals surface area (Å²) in [6, 6.07) is 6.11. The molecule has 0 bridgehead atoms. The molecule has 1 saturated heterocycles. The van der Waals surface area contributed by atoms with Crippen molar-refractivity contribution >= 4 is 18.0 Å². The summed E-state index contributed by atoms with van der Waals surface area (Å²) in [5.74, 6) is -1.29. The van der Waals surface area contributed by atoms with Crippen molar-refractivity contribution in [1.82, 2.24) is 4.90 Å². The van der Waals surface area contributed by atoms with E-state index in [1.807, 2.05) is 0 Å². The van der Waals surface area contributed by atoms with Crippen LogP contribution in [0.15, 0.2) is 30.3 Å². The van der Waals surface area contributed by atoms with Gasteiger partial charge in [0.05, 0.1) is 5.41 Å². The van der Waals surface area contributed by atoms with Gasteiger partial charge < -0.3 is 10.0 Å². The minimum Gasteiger partial charge on any atom is -0.481 e. The van der Waals surface area contributed by atoms with Gasteiger partial charge in [0.25, 0.3) is 0 Å². The van der Waals surface area contributed by atoms with Gasteiger partial charge in [-0.05, 0) is 31.0 Å². The van der Waals surface area contributed by atoms with Crippen LogP contribution in [-0.4, -0.2) is 35.0 Å². The van der Waals surface area contributed by atoms with Crippen LogP contribution in [0.4, 0.5) is 4.39 Å². The van der Waals surface area contributed by atoms with Gasteiger partial charge >= 0.3 is 5.97 Å². The molecule has 1 aromatic carbocycles. The molecule has 1 amide bonds. The maximum Gasteiger partial charge on any atom is 0.311 e. The molecule has 1 aliphatic heterocycles. The SMILES string of the molecule is CC1(C(=O)O)CCN(C(=O)C/C=C/c2cccc(F)c2)C1. The molecule has 0 radical (unpaired) electrons. The van der Waals surface area contributed by atoms with Crippen LogP contribution in [0.25, 0.3) is 6.08 Å². The Labute approximate surface area is 122 Å². The highest BCUT2D eigenvalue weighted by Gasteiger charge is 2.41. The van der Waals surface area contributed by atoms with E-state index in [4.69, 9.17) is 5.11 Å². The van der Waals surface area contributed by atoms with E-state index in [0.29, 0.717) is 18.5 Å². The number of carboxylic acids is 1. The van der Waals surface area contributed by atoms with Gasteiger partial charge in [0.15, 0.2) is 0 Å². The third-order valence-corrected chi connectivity index (χ3v) is 3.79. The van der Waals surface area contributed by atoms with Crippen LogP contribution >= 0.6 is 0 Å². The van der Waals surface area contributed by atoms with Crippen molar-refractivity contribution in [3.8, 4) is 0 Å². The summed E-state index contributed by atoms with van der Waals surface area (Å²) in [5, 5.41) is 9.14. The molecular weight excluding hydrogens is 273 g/mol. The summed E-state index contributed by atoms with van der Waals surface area (Å²) >= 11 is 0. The monoisotopic (exact) mass is 291 g/mol. The molecule has 2 rings (SSSR count). The first-order valence-electron chi connectivity index (χ1n) is 6.84. The van der Waals surface area contributed by atoms with Crippen LogP contribution in [0.3, 0.4) is 0 Å². The van der Waals surface area contributed by atoms with Gasteiger partial charge in [0, 0.05) is 19.5 Å². The van der Waals surface area contributed by atoms with Crippen LogP contribution in [-0.2, 0) is 9.59 Å². The highest BCUT2D eigenvalue weighted by Crippen LogP contribution is 2.30. The molecule has 21 heavy (non-hydrogen) atoms. The van der Waals surface area contributed by atoms with Crippen LogP contribution < -0.4 is 0 Å². The summed E-state index contributed by atoms with van der Waals surface area (Å²) in [5.41, 5.74) is -0.151. The first kappa shape index (κ1) is 15.2. The second-order valence-electron chi connectivity index (χ2n) is 5.59. The average Bonchev–Trinajstić information content (AvgIpc) is 2.83. The molecule has 5 heteroatoms. The van der Waals surface area contributed by atoms with Crippen LogP contribution in [0, 0.1) is 11.2 Å². The molecule has 0 aromatic heterocycles. The molecule has 112 valence electrons. The fourth-order valence-corrected chi connectivity index (χ4v) is 2.38. The van der Waals surface area contributed by atoms with E-state index in [1.54, 1.807) is 36.1 Å². The van der Waals surface area contributed by atoms with E-state index in [1.165, 1.54) is 12.1 Å². The van der Waals surface area contributed by atoms with Crippen molar-refractivity contribution in [1.29, 1.82) is 0 Å². The molecular formula is C16H18FNO3. The van der Waals surface area contributed by atoms with E-state index in [-0.39, 0.29) is 24.7 Å². The number of carboxylic acid groups (broad SMARTS) is 1. The number of hydrogen-bond donors (Lipinski definition) is 1. The Morgan fingerprint density at radius 1 is 1.48 bits per heavy atom. The van der Waals surface area contributed by atoms with E-state index in [9.17, 15) is 14.0 Å². The number of halogens is 1. The Morgan fingerprint density at radius 3 is 2.86 bits per heavy atom. The lowest BCUT2D eigenvalue weighted by Crippen LogP contribution is -2.34. The lowest BCUT2D eigenvalue weighted by Gasteiger charge is -2.19. The summed E-state index contributed by atoms with van der Waals surface area (Å²) < 4.78 is 13.0. The number of nitrogens with zero attached hydrogens (tertiary/aromatic N) is 1. The first-order valence-corrected chi connectivity index (χ1v) is 6.84. The molecule has 1 atom stereocenters. The predicted molar refractivity (Wildman–Crippen MR) is 77.0 cm³/mol. The van der Waals surface area contributed by atoms with Crippen molar-refractivity contribution in [2.24, 2.45) is 5.41 Å². The highest BCUT2D eigenvalue weighted by molar-refractivity contribution is 5.81. The Kier molecular flexibility index (Phi) is 4.40. The number of hydrogen-bond acceptors (Lipinski definition) is 2. The minimum atomic E-state index is -0.867. The molecule has 4 nitrogen and oxygen atoms in total. The molecule has 0 saturated carbocycles.